The molecule has 1 spiro atoms. The first kappa shape index (κ1) is 20.3. The highest BCUT2D eigenvalue weighted by molar-refractivity contribution is 6.33. The van der Waals surface area contributed by atoms with Gasteiger partial charge < -0.3 is 14.5 Å². The van der Waals surface area contributed by atoms with E-state index in [1.807, 2.05) is 6.07 Å². The molecular formula is C23H28Cl2N4O. The van der Waals surface area contributed by atoms with Gasteiger partial charge in [-0.2, -0.15) is 0 Å². The third-order valence-corrected chi connectivity index (χ3v) is 7.85. The number of halogens is 2. The van der Waals surface area contributed by atoms with Crippen molar-refractivity contribution in [2.45, 2.75) is 44.1 Å². The van der Waals surface area contributed by atoms with Crippen LogP contribution in [0.2, 0.25) is 10.3 Å². The Morgan fingerprint density at radius 3 is 2.60 bits per heavy atom. The highest BCUT2D eigenvalue weighted by Crippen LogP contribution is 2.50. The van der Waals surface area contributed by atoms with Crippen LogP contribution >= 0.6 is 23.2 Å². The second-order valence-corrected chi connectivity index (χ2v) is 9.89. The molecule has 1 aromatic carbocycles. The van der Waals surface area contributed by atoms with E-state index in [2.05, 4.69) is 44.3 Å². The number of methoxy groups -OCH3 is 1. The van der Waals surface area contributed by atoms with Crippen molar-refractivity contribution < 1.29 is 4.74 Å². The van der Waals surface area contributed by atoms with Crippen LogP contribution in [0, 0.1) is 5.41 Å². The Labute approximate surface area is 188 Å². The second-order valence-electron chi connectivity index (χ2n) is 9.15. The first-order chi connectivity index (χ1) is 14.6. The van der Waals surface area contributed by atoms with Crippen LogP contribution in [0.4, 0.5) is 5.69 Å². The lowest BCUT2D eigenvalue weighted by atomic mass is 9.77. The number of benzene rings is 1. The molecule has 0 bridgehead atoms. The summed E-state index contributed by atoms with van der Waals surface area (Å²) in [7, 11) is 1.77. The van der Waals surface area contributed by atoms with E-state index < -0.39 is 0 Å². The lowest BCUT2D eigenvalue weighted by molar-refractivity contribution is 0.131. The molecule has 30 heavy (non-hydrogen) atoms. The summed E-state index contributed by atoms with van der Waals surface area (Å²) in [6.07, 6.45) is 6.31. The molecule has 1 atom stereocenters. The molecule has 2 aromatic rings. The number of nitrogens with zero attached hydrogens (tertiary/aromatic N) is 4. The fourth-order valence-electron chi connectivity index (χ4n) is 5.85. The van der Waals surface area contributed by atoms with Crippen molar-refractivity contribution in [1.29, 1.82) is 0 Å². The monoisotopic (exact) mass is 446 g/mol. The first-order valence-corrected chi connectivity index (χ1v) is 11.6. The predicted molar refractivity (Wildman–Crippen MR) is 121 cm³/mol. The average Bonchev–Trinajstić information content (AvgIpc) is 3.20. The Hall–Kier alpha value is -1.56. The van der Waals surface area contributed by atoms with Gasteiger partial charge in [-0.25, -0.2) is 0 Å². The highest BCUT2D eigenvalue weighted by atomic mass is 35.5. The van der Waals surface area contributed by atoms with E-state index in [0.717, 1.165) is 24.5 Å². The SMILES string of the molecule is COc1ccccc1C1CCN([C@@H]2CCC3(C2)CN(c2cc(Cl)nnc2Cl)C3)CC1. The van der Waals surface area contributed by atoms with Crippen LogP contribution in [0.25, 0.3) is 0 Å². The van der Waals surface area contributed by atoms with Crippen LogP contribution in [0.1, 0.15) is 43.6 Å². The van der Waals surface area contributed by atoms with Crippen LogP contribution in [-0.4, -0.2) is 54.4 Å². The zero-order valence-electron chi connectivity index (χ0n) is 17.4. The van der Waals surface area contributed by atoms with Crippen LogP contribution < -0.4 is 9.64 Å². The summed E-state index contributed by atoms with van der Waals surface area (Å²) >= 11 is 12.3. The van der Waals surface area contributed by atoms with E-state index in [1.54, 1.807) is 7.11 Å². The van der Waals surface area contributed by atoms with Gasteiger partial charge in [-0.15, -0.1) is 10.2 Å². The van der Waals surface area contributed by atoms with E-state index in [-0.39, 0.29) is 0 Å². The minimum Gasteiger partial charge on any atom is -0.496 e. The van der Waals surface area contributed by atoms with Crippen molar-refractivity contribution >= 4 is 28.9 Å². The highest BCUT2D eigenvalue weighted by Gasteiger charge is 2.50. The lowest BCUT2D eigenvalue weighted by Gasteiger charge is -2.50. The van der Waals surface area contributed by atoms with E-state index in [4.69, 9.17) is 27.9 Å². The van der Waals surface area contributed by atoms with E-state index in [0.29, 0.717) is 27.7 Å². The molecule has 3 heterocycles. The molecule has 3 aliphatic rings. The number of aromatic nitrogens is 2. The normalized spacial score (nSPS) is 24.2. The molecule has 0 radical (unpaired) electrons. The lowest BCUT2D eigenvalue weighted by Crippen LogP contribution is -2.56. The molecule has 1 aromatic heterocycles. The first-order valence-electron chi connectivity index (χ1n) is 10.9. The third kappa shape index (κ3) is 3.76. The van der Waals surface area contributed by atoms with Gasteiger partial charge in [0.2, 0.25) is 0 Å². The second kappa shape index (κ2) is 8.18. The molecule has 0 unspecified atom stereocenters. The summed E-state index contributed by atoms with van der Waals surface area (Å²) in [6, 6.07) is 11.0. The third-order valence-electron chi connectivity index (χ3n) is 7.39. The van der Waals surface area contributed by atoms with Gasteiger partial charge in [-0.3, -0.25) is 0 Å². The summed E-state index contributed by atoms with van der Waals surface area (Å²) < 4.78 is 5.59. The topological polar surface area (TPSA) is 41.5 Å². The summed E-state index contributed by atoms with van der Waals surface area (Å²) in [4.78, 5) is 5.04. The van der Waals surface area contributed by atoms with Gasteiger partial charge in [-0.1, -0.05) is 41.4 Å². The zero-order valence-corrected chi connectivity index (χ0v) is 18.9. The van der Waals surface area contributed by atoms with Gasteiger partial charge in [0.1, 0.15) is 5.75 Å². The summed E-state index contributed by atoms with van der Waals surface area (Å²) in [5, 5.41) is 8.62. The number of anilines is 1. The molecule has 2 aliphatic heterocycles. The van der Waals surface area contributed by atoms with Crippen molar-refractivity contribution in [2.75, 3.05) is 38.2 Å². The molecule has 160 valence electrons. The zero-order chi connectivity index (χ0) is 20.7. The molecule has 5 rings (SSSR count). The number of para-hydroxylation sites is 1. The van der Waals surface area contributed by atoms with Gasteiger partial charge >= 0.3 is 0 Å². The molecule has 5 nitrogen and oxygen atoms in total. The maximum Gasteiger partial charge on any atom is 0.175 e. The standard InChI is InChI=1S/C23H28Cl2N4O/c1-30-20-5-3-2-4-18(20)16-7-10-28(11-8-16)17-6-9-23(13-17)14-29(15-23)19-12-21(24)26-27-22(19)25/h2-5,12,16-17H,6-11,13-15H2,1H3/t17-/m1/s1. The summed E-state index contributed by atoms with van der Waals surface area (Å²) in [6.45, 7) is 4.46. The van der Waals surface area contributed by atoms with Gasteiger partial charge in [0.05, 0.1) is 12.8 Å². The van der Waals surface area contributed by atoms with Crippen molar-refractivity contribution in [3.05, 3.63) is 46.2 Å². The summed E-state index contributed by atoms with van der Waals surface area (Å²) in [5.41, 5.74) is 2.71. The average molecular weight is 447 g/mol. The Morgan fingerprint density at radius 2 is 1.83 bits per heavy atom. The number of rotatable bonds is 4. The van der Waals surface area contributed by atoms with Crippen LogP contribution in [0.5, 0.6) is 5.75 Å². The Morgan fingerprint density at radius 1 is 1.07 bits per heavy atom. The van der Waals surface area contributed by atoms with Crippen LogP contribution in [0.15, 0.2) is 30.3 Å². The number of likely N-dealkylation sites (tertiary alicyclic amines) is 1. The maximum absolute atomic E-state index is 6.24. The molecule has 0 amide bonds. The molecule has 3 fully saturated rings. The van der Waals surface area contributed by atoms with Crippen molar-refractivity contribution in [3.63, 3.8) is 0 Å². The van der Waals surface area contributed by atoms with Crippen LogP contribution in [0.3, 0.4) is 0 Å². The fraction of sp³-hybridized carbons (Fsp3) is 0.565. The number of hydrogen-bond acceptors (Lipinski definition) is 5. The van der Waals surface area contributed by atoms with E-state index in [1.165, 1.54) is 50.8 Å². The molecular weight excluding hydrogens is 419 g/mol. The molecule has 2 saturated heterocycles. The number of piperidine rings is 1. The summed E-state index contributed by atoms with van der Waals surface area (Å²) in [5.74, 6) is 1.65. The minimum absolute atomic E-state index is 0.401. The van der Waals surface area contributed by atoms with Crippen molar-refractivity contribution in [1.82, 2.24) is 15.1 Å². The van der Waals surface area contributed by atoms with Crippen LogP contribution in [-0.2, 0) is 0 Å². The largest absolute Gasteiger partial charge is 0.496 e. The van der Waals surface area contributed by atoms with Gasteiger partial charge in [0.25, 0.3) is 0 Å². The van der Waals surface area contributed by atoms with Gasteiger partial charge in [-0.05, 0) is 62.7 Å². The van der Waals surface area contributed by atoms with Crippen molar-refractivity contribution in [2.24, 2.45) is 5.41 Å². The molecule has 1 aliphatic carbocycles. The Bertz CT molecular complexity index is 910. The quantitative estimate of drug-likeness (QED) is 0.658. The Kier molecular flexibility index (Phi) is 5.55. The van der Waals surface area contributed by atoms with E-state index in [9.17, 15) is 0 Å². The number of ether oxygens (including phenoxy) is 1. The van der Waals surface area contributed by atoms with Crippen molar-refractivity contribution in [3.8, 4) is 5.75 Å². The molecule has 7 heteroatoms. The smallest absolute Gasteiger partial charge is 0.175 e. The number of hydrogen-bond donors (Lipinski definition) is 0. The maximum atomic E-state index is 6.24. The van der Waals surface area contributed by atoms with Gasteiger partial charge in [0, 0.05) is 30.6 Å². The fourth-order valence-corrected chi connectivity index (χ4v) is 6.21. The van der Waals surface area contributed by atoms with Gasteiger partial charge in [0.15, 0.2) is 10.3 Å². The Balaban J connectivity index is 1.17. The molecule has 0 N–H and O–H groups in total. The molecule has 1 saturated carbocycles. The predicted octanol–water partition coefficient (Wildman–Crippen LogP) is 5.03. The minimum atomic E-state index is 0.401. The van der Waals surface area contributed by atoms with E-state index >= 15 is 0 Å².